The van der Waals surface area contributed by atoms with E-state index in [0.717, 1.165) is 27.8 Å². The van der Waals surface area contributed by atoms with Gasteiger partial charge in [0.1, 0.15) is 0 Å². The van der Waals surface area contributed by atoms with Crippen molar-refractivity contribution in [3.8, 4) is 5.75 Å². The van der Waals surface area contributed by atoms with Gasteiger partial charge in [-0.1, -0.05) is 0 Å². The van der Waals surface area contributed by atoms with Crippen LogP contribution in [0.15, 0.2) is 77.3 Å². The van der Waals surface area contributed by atoms with Crippen LogP contribution in [0.25, 0.3) is 10.8 Å². The Morgan fingerprint density at radius 2 is 1.66 bits per heavy atom. The quantitative estimate of drug-likeness (QED) is 0.353. The van der Waals surface area contributed by atoms with Crippen LogP contribution in [-0.4, -0.2) is 51.0 Å². The van der Waals surface area contributed by atoms with E-state index in [2.05, 4.69) is 54.6 Å². The molecule has 0 aromatic heterocycles. The number of phenolic OH excluding ortho intramolecular Hbond substituents is 1. The second-order valence-electron chi connectivity index (χ2n) is 9.42. The molecule has 2 N–H and O–H groups in total. The predicted molar refractivity (Wildman–Crippen MR) is 145 cm³/mol. The molecule has 35 heavy (non-hydrogen) atoms. The third-order valence-electron chi connectivity index (χ3n) is 7.00. The van der Waals surface area contributed by atoms with E-state index in [1.165, 1.54) is 16.3 Å². The van der Waals surface area contributed by atoms with Crippen LogP contribution in [0.2, 0.25) is 0 Å². The number of hydrogen-bond donors (Lipinski definition) is 2. The van der Waals surface area contributed by atoms with Crippen LogP contribution < -0.4 is 0 Å². The third-order valence-corrected chi connectivity index (χ3v) is 10.3. The van der Waals surface area contributed by atoms with Crippen LogP contribution >= 0.6 is 7.49 Å². The minimum absolute atomic E-state index is 0.0991. The van der Waals surface area contributed by atoms with Crippen LogP contribution in [0.1, 0.15) is 28.2 Å². The van der Waals surface area contributed by atoms with Crippen molar-refractivity contribution >= 4 is 18.3 Å². The molecule has 186 valence electrons. The van der Waals surface area contributed by atoms with Crippen molar-refractivity contribution in [2.24, 2.45) is 0 Å². The molecule has 0 spiro atoms. The summed E-state index contributed by atoms with van der Waals surface area (Å²) >= 11 is 0. The van der Waals surface area contributed by atoms with E-state index in [1.807, 2.05) is 19.7 Å². The Balaban J connectivity index is 2.01. The Morgan fingerprint density at radius 3 is 2.37 bits per heavy atom. The van der Waals surface area contributed by atoms with Gasteiger partial charge >= 0.3 is 208 Å². The molecule has 1 unspecified atom stereocenters. The van der Waals surface area contributed by atoms with Gasteiger partial charge in [-0.2, -0.15) is 0 Å². The van der Waals surface area contributed by atoms with E-state index < -0.39 is 7.49 Å². The molecule has 1 atom stereocenters. The van der Waals surface area contributed by atoms with Crippen LogP contribution in [0.5, 0.6) is 5.75 Å². The van der Waals surface area contributed by atoms with E-state index in [9.17, 15) is 10.2 Å². The van der Waals surface area contributed by atoms with E-state index in [4.69, 9.17) is 14.0 Å². The number of aromatic hydroxyl groups is 1. The van der Waals surface area contributed by atoms with Crippen LogP contribution in [0.4, 0.5) is 0 Å². The van der Waals surface area contributed by atoms with Gasteiger partial charge in [0.05, 0.1) is 0 Å². The minimum atomic E-state index is -2.61. The molecule has 0 saturated heterocycles. The number of aliphatic hydroxyl groups excluding tert-OH is 1. The van der Waals surface area contributed by atoms with Crippen LogP contribution in [0.3, 0.4) is 0 Å². The number of hydrogen-bond acceptors (Lipinski definition) is 5. The first-order valence-corrected chi connectivity index (χ1v) is 14.4. The van der Waals surface area contributed by atoms with Gasteiger partial charge in [-0.3, -0.25) is 0 Å². The average molecular weight is 495 g/mol. The molecule has 0 radical (unpaired) electrons. The van der Waals surface area contributed by atoms with Crippen molar-refractivity contribution in [1.82, 2.24) is 0 Å². The molecular weight excluding hydrogens is 459 g/mol. The molecule has 1 heterocycles. The molecule has 0 bridgehead atoms. The predicted octanol–water partition coefficient (Wildman–Crippen LogP) is 6.43. The van der Waals surface area contributed by atoms with Crippen molar-refractivity contribution in [2.75, 3.05) is 40.8 Å². The average Bonchev–Trinajstić information content (AvgIpc) is 2.86. The summed E-state index contributed by atoms with van der Waals surface area (Å²) in [6.07, 6.45) is 2.73. The Kier molecular flexibility index (Phi) is 7.63. The molecule has 5 nitrogen and oxygen atoms in total. The van der Waals surface area contributed by atoms with E-state index in [1.54, 1.807) is 21.3 Å². The standard InChI is InChI=1S/C29H35O5P/c1-19-13-21(14-22(16-32-2)28(19)30)27(26-12-8-10-20-9-6-7-11-25(20)26)24-15-23(17-33-3)29(31)35(5,18-24)34-4/h6-15,27,30-31,35H,16-18H2,1-5H3. The van der Waals surface area contributed by atoms with Crippen LogP contribution in [0, 0.1) is 6.92 Å². The third kappa shape index (κ3) is 4.87. The topological polar surface area (TPSA) is 68.2 Å². The normalized spacial score (nSPS) is 17.3. The van der Waals surface area contributed by atoms with Crippen molar-refractivity contribution in [1.29, 1.82) is 0 Å². The number of aryl methyl sites for hydroxylation is 1. The molecule has 1 aliphatic rings. The molecule has 4 rings (SSSR count). The summed E-state index contributed by atoms with van der Waals surface area (Å²) in [5.74, 6) is 0.163. The van der Waals surface area contributed by atoms with Crippen LogP contribution in [-0.2, 0) is 20.6 Å². The molecular formula is C29H35O5P. The SMILES string of the molecule is COCC1=C(O)[PH](C)(OC)CC(C(c2cc(C)c(O)c(COC)c2)c2cccc3ccccc23)=C1. The first-order valence-electron chi connectivity index (χ1n) is 11.8. The molecule has 1 aliphatic heterocycles. The zero-order valence-electron chi connectivity index (χ0n) is 21.1. The number of rotatable bonds is 8. The van der Waals surface area contributed by atoms with Gasteiger partial charge in [0.15, 0.2) is 0 Å². The number of aliphatic hydroxyl groups is 1. The maximum absolute atomic E-state index is 11.1. The number of phenols is 1. The molecule has 3 aromatic rings. The second kappa shape index (κ2) is 10.5. The Morgan fingerprint density at radius 1 is 0.943 bits per heavy atom. The van der Waals surface area contributed by atoms with Gasteiger partial charge < -0.3 is 0 Å². The fourth-order valence-electron chi connectivity index (χ4n) is 5.19. The van der Waals surface area contributed by atoms with Crippen molar-refractivity contribution in [2.45, 2.75) is 19.4 Å². The van der Waals surface area contributed by atoms with Crippen molar-refractivity contribution in [3.05, 3.63) is 99.6 Å². The molecule has 0 fully saturated rings. The van der Waals surface area contributed by atoms with Gasteiger partial charge in [-0.05, 0) is 0 Å². The first-order chi connectivity index (χ1) is 16.8. The summed E-state index contributed by atoms with van der Waals surface area (Å²) < 4.78 is 16.8. The fourth-order valence-corrected chi connectivity index (χ4v) is 7.60. The van der Waals surface area contributed by atoms with Gasteiger partial charge in [-0.15, -0.1) is 0 Å². The van der Waals surface area contributed by atoms with Gasteiger partial charge in [-0.25, -0.2) is 0 Å². The fraction of sp³-hybridized carbons (Fsp3) is 0.310. The van der Waals surface area contributed by atoms with Crippen molar-refractivity contribution in [3.63, 3.8) is 0 Å². The molecule has 3 aromatic carbocycles. The van der Waals surface area contributed by atoms with E-state index in [0.29, 0.717) is 24.9 Å². The number of ether oxygens (including phenoxy) is 2. The van der Waals surface area contributed by atoms with Gasteiger partial charge in [0.2, 0.25) is 0 Å². The molecule has 6 heteroatoms. The summed E-state index contributed by atoms with van der Waals surface area (Å²) in [6, 6.07) is 18.9. The Labute approximate surface area is 208 Å². The summed E-state index contributed by atoms with van der Waals surface area (Å²) in [5, 5.41) is 24.1. The first kappa shape index (κ1) is 25.4. The number of allylic oxidation sites excluding steroid dienone is 1. The van der Waals surface area contributed by atoms with E-state index in [-0.39, 0.29) is 11.7 Å². The summed E-state index contributed by atoms with van der Waals surface area (Å²) in [5.41, 5.74) is 6.07. The number of methoxy groups -OCH3 is 2. The molecule has 0 amide bonds. The number of benzene rings is 3. The zero-order chi connectivity index (χ0) is 25.2. The Hall–Kier alpha value is -2.69. The second-order valence-corrected chi connectivity index (χ2v) is 13.1. The van der Waals surface area contributed by atoms with E-state index >= 15 is 0 Å². The number of fused-ring (bicyclic) bond motifs is 1. The monoisotopic (exact) mass is 494 g/mol. The molecule has 0 saturated carbocycles. The van der Waals surface area contributed by atoms with Gasteiger partial charge in [0.25, 0.3) is 0 Å². The molecule has 0 aliphatic carbocycles. The maximum atomic E-state index is 11.1. The summed E-state index contributed by atoms with van der Waals surface area (Å²) in [4.78, 5) is 0. The Bertz CT molecular complexity index is 1290. The summed E-state index contributed by atoms with van der Waals surface area (Å²) in [7, 11) is 2.34. The zero-order valence-corrected chi connectivity index (χ0v) is 22.1. The van der Waals surface area contributed by atoms with Crippen molar-refractivity contribution < 1.29 is 24.2 Å². The summed E-state index contributed by atoms with van der Waals surface area (Å²) in [6.45, 7) is 4.60. The van der Waals surface area contributed by atoms with Gasteiger partial charge in [0, 0.05) is 0 Å².